The lowest BCUT2D eigenvalue weighted by molar-refractivity contribution is -0.141. The molecule has 2 N–H and O–H groups in total. The Balaban J connectivity index is 1.84. The van der Waals surface area contributed by atoms with Crippen molar-refractivity contribution < 1.29 is 19.8 Å². The van der Waals surface area contributed by atoms with Gasteiger partial charge in [0.1, 0.15) is 6.04 Å². The van der Waals surface area contributed by atoms with Crippen molar-refractivity contribution in [1.29, 1.82) is 0 Å². The van der Waals surface area contributed by atoms with E-state index in [-0.39, 0.29) is 18.9 Å². The lowest BCUT2D eigenvalue weighted by Crippen LogP contribution is -2.40. The number of thiophene rings is 1. The quantitative estimate of drug-likeness (QED) is 0.858. The van der Waals surface area contributed by atoms with Gasteiger partial charge in [0.05, 0.1) is 11.0 Å². The van der Waals surface area contributed by atoms with Gasteiger partial charge in [-0.15, -0.1) is 11.3 Å². The Morgan fingerprint density at radius 1 is 1.40 bits per heavy atom. The number of nitrogens with zero attached hydrogens (tertiary/aromatic N) is 1. The van der Waals surface area contributed by atoms with E-state index in [4.69, 9.17) is 5.11 Å². The standard InChI is InChI=1S/C13H15NO4S2/c15-8-4-9(13(17)18)14(5-8)12(16)11-3-7-6-19-2-1-10(7)20-11/h3,8-9,15H,1-2,4-6H2,(H,17,18). The van der Waals surface area contributed by atoms with E-state index in [1.54, 1.807) is 0 Å². The number of thioether (sulfide) groups is 1. The predicted octanol–water partition coefficient (Wildman–Crippen LogP) is 1.20. The number of hydrogen-bond acceptors (Lipinski definition) is 5. The second kappa shape index (κ2) is 5.38. The van der Waals surface area contributed by atoms with Crippen LogP contribution in [-0.4, -0.2) is 51.4 Å². The Hall–Kier alpha value is -1.05. The minimum atomic E-state index is -1.05. The number of amides is 1. The molecular formula is C13H15NO4S2. The number of carboxylic acid groups (broad SMARTS) is 1. The van der Waals surface area contributed by atoms with Gasteiger partial charge in [0.15, 0.2) is 0 Å². The highest BCUT2D eigenvalue weighted by Crippen LogP contribution is 2.33. The Morgan fingerprint density at radius 2 is 2.20 bits per heavy atom. The minimum Gasteiger partial charge on any atom is -0.480 e. The van der Waals surface area contributed by atoms with Crippen molar-refractivity contribution in [3.05, 3.63) is 21.4 Å². The molecule has 5 nitrogen and oxygen atoms in total. The molecule has 3 heterocycles. The van der Waals surface area contributed by atoms with Crippen molar-refractivity contribution in [2.24, 2.45) is 0 Å². The first-order valence-electron chi connectivity index (χ1n) is 6.47. The van der Waals surface area contributed by atoms with Gasteiger partial charge < -0.3 is 15.1 Å². The van der Waals surface area contributed by atoms with Crippen LogP contribution in [0, 0.1) is 0 Å². The first kappa shape index (κ1) is 13.9. The number of β-amino-alcohol motifs (C(OH)–C–C–N with tert-alkyl or cyclic N) is 1. The summed E-state index contributed by atoms with van der Waals surface area (Å²) >= 11 is 3.31. The van der Waals surface area contributed by atoms with Gasteiger partial charge in [0.25, 0.3) is 5.91 Å². The number of hydrogen-bond donors (Lipinski definition) is 2. The van der Waals surface area contributed by atoms with Crippen LogP contribution in [0.3, 0.4) is 0 Å². The minimum absolute atomic E-state index is 0.104. The summed E-state index contributed by atoms with van der Waals surface area (Å²) in [7, 11) is 0. The number of carboxylic acids is 1. The second-order valence-corrected chi connectivity index (χ2v) is 7.30. The molecule has 2 aliphatic rings. The molecule has 0 bridgehead atoms. The first-order valence-corrected chi connectivity index (χ1v) is 8.44. The lowest BCUT2D eigenvalue weighted by atomic mass is 10.2. The number of aliphatic hydroxyl groups is 1. The summed E-state index contributed by atoms with van der Waals surface area (Å²) in [6.45, 7) is 0.104. The molecule has 0 aromatic carbocycles. The Bertz CT molecular complexity index is 533. The second-order valence-electron chi connectivity index (χ2n) is 5.06. The van der Waals surface area contributed by atoms with Crippen molar-refractivity contribution in [1.82, 2.24) is 4.90 Å². The van der Waals surface area contributed by atoms with Crippen LogP contribution >= 0.6 is 23.1 Å². The SMILES string of the molecule is O=C(O)C1CC(O)CN1C(=O)c1cc2c(s1)CCSC2. The maximum absolute atomic E-state index is 12.5. The summed E-state index contributed by atoms with van der Waals surface area (Å²) in [4.78, 5) is 26.8. The molecule has 3 rings (SSSR count). The summed E-state index contributed by atoms with van der Waals surface area (Å²) in [6.07, 6.45) is 0.343. The molecule has 1 aromatic rings. The summed E-state index contributed by atoms with van der Waals surface area (Å²) in [5, 5.41) is 18.8. The number of aliphatic carboxylic acids is 1. The van der Waals surface area contributed by atoms with Crippen LogP contribution < -0.4 is 0 Å². The molecule has 1 saturated heterocycles. The third-order valence-electron chi connectivity index (χ3n) is 3.66. The fraction of sp³-hybridized carbons (Fsp3) is 0.538. The maximum atomic E-state index is 12.5. The Kier molecular flexibility index (Phi) is 3.74. The van der Waals surface area contributed by atoms with Gasteiger partial charge in [0, 0.05) is 23.6 Å². The molecule has 0 spiro atoms. The summed E-state index contributed by atoms with van der Waals surface area (Å²) in [6, 6.07) is 0.976. The van der Waals surface area contributed by atoms with E-state index in [1.165, 1.54) is 26.7 Å². The largest absolute Gasteiger partial charge is 0.480 e. The van der Waals surface area contributed by atoms with E-state index in [9.17, 15) is 14.7 Å². The number of likely N-dealkylation sites (tertiary alicyclic amines) is 1. The summed E-state index contributed by atoms with van der Waals surface area (Å²) in [5.74, 6) is 0.677. The third kappa shape index (κ3) is 2.45. The molecule has 2 unspecified atom stereocenters. The highest BCUT2D eigenvalue weighted by molar-refractivity contribution is 7.98. The lowest BCUT2D eigenvalue weighted by Gasteiger charge is -2.20. The normalized spacial score (nSPS) is 25.6. The van der Waals surface area contributed by atoms with E-state index >= 15 is 0 Å². The van der Waals surface area contributed by atoms with E-state index in [2.05, 4.69) is 0 Å². The summed E-state index contributed by atoms with van der Waals surface area (Å²) in [5.41, 5.74) is 1.20. The molecule has 20 heavy (non-hydrogen) atoms. The Labute approximate surface area is 124 Å². The zero-order valence-corrected chi connectivity index (χ0v) is 12.4. The highest BCUT2D eigenvalue weighted by Gasteiger charge is 2.39. The first-order chi connectivity index (χ1) is 9.56. The van der Waals surface area contributed by atoms with Crippen LogP contribution in [0.1, 0.15) is 26.5 Å². The molecule has 0 radical (unpaired) electrons. The molecule has 1 fully saturated rings. The van der Waals surface area contributed by atoms with Crippen LogP contribution in [0.25, 0.3) is 0 Å². The Morgan fingerprint density at radius 3 is 2.90 bits per heavy atom. The number of carbonyl (C=O) groups is 2. The monoisotopic (exact) mass is 313 g/mol. The van der Waals surface area contributed by atoms with Gasteiger partial charge in [-0.25, -0.2) is 4.79 Å². The zero-order chi connectivity index (χ0) is 14.3. The number of fused-ring (bicyclic) bond motifs is 1. The van der Waals surface area contributed by atoms with Gasteiger partial charge >= 0.3 is 5.97 Å². The van der Waals surface area contributed by atoms with Crippen molar-refractivity contribution in [2.75, 3.05) is 12.3 Å². The van der Waals surface area contributed by atoms with Crippen molar-refractivity contribution >= 4 is 35.0 Å². The predicted molar refractivity (Wildman–Crippen MR) is 77.3 cm³/mol. The highest BCUT2D eigenvalue weighted by atomic mass is 32.2. The number of aliphatic hydroxyl groups excluding tert-OH is 1. The van der Waals surface area contributed by atoms with E-state index in [0.29, 0.717) is 4.88 Å². The topological polar surface area (TPSA) is 77.8 Å². The van der Waals surface area contributed by atoms with Gasteiger partial charge in [-0.1, -0.05) is 0 Å². The molecule has 108 valence electrons. The zero-order valence-electron chi connectivity index (χ0n) is 10.7. The van der Waals surface area contributed by atoms with E-state index < -0.39 is 18.1 Å². The molecular weight excluding hydrogens is 298 g/mol. The molecule has 1 aromatic heterocycles. The van der Waals surface area contributed by atoms with Crippen molar-refractivity contribution in [2.45, 2.75) is 30.7 Å². The number of carbonyl (C=O) groups excluding carboxylic acids is 1. The fourth-order valence-electron chi connectivity index (χ4n) is 2.67. The summed E-state index contributed by atoms with van der Waals surface area (Å²) < 4.78 is 0. The van der Waals surface area contributed by atoms with Crippen LogP contribution in [0.5, 0.6) is 0 Å². The van der Waals surface area contributed by atoms with E-state index in [1.807, 2.05) is 17.8 Å². The van der Waals surface area contributed by atoms with Gasteiger partial charge in [-0.3, -0.25) is 4.79 Å². The van der Waals surface area contributed by atoms with Crippen LogP contribution in [0.2, 0.25) is 0 Å². The number of aryl methyl sites for hydroxylation is 1. The molecule has 2 atom stereocenters. The molecule has 0 aliphatic carbocycles. The van der Waals surface area contributed by atoms with E-state index in [0.717, 1.165) is 17.9 Å². The van der Waals surface area contributed by atoms with Gasteiger partial charge in [0.2, 0.25) is 0 Å². The smallest absolute Gasteiger partial charge is 0.326 e. The van der Waals surface area contributed by atoms with Crippen molar-refractivity contribution in [3.8, 4) is 0 Å². The molecule has 1 amide bonds. The molecule has 7 heteroatoms. The van der Waals surface area contributed by atoms with Crippen LogP contribution in [0.15, 0.2) is 6.07 Å². The molecule has 0 saturated carbocycles. The van der Waals surface area contributed by atoms with Gasteiger partial charge in [-0.05, 0) is 23.8 Å². The fourth-order valence-corrected chi connectivity index (χ4v) is 4.99. The van der Waals surface area contributed by atoms with Crippen LogP contribution in [-0.2, 0) is 17.0 Å². The third-order valence-corrected chi connectivity index (χ3v) is 5.90. The average Bonchev–Trinajstić information content (AvgIpc) is 3.01. The maximum Gasteiger partial charge on any atom is 0.326 e. The molecule has 2 aliphatic heterocycles. The van der Waals surface area contributed by atoms with Gasteiger partial charge in [-0.2, -0.15) is 11.8 Å². The average molecular weight is 313 g/mol. The number of rotatable bonds is 2. The van der Waals surface area contributed by atoms with Crippen LogP contribution in [0.4, 0.5) is 0 Å². The van der Waals surface area contributed by atoms with Crippen molar-refractivity contribution in [3.63, 3.8) is 0 Å².